The number of para-hydroxylation sites is 1. The standard InChI is InChI=1S/C13H9Br2FN2O/c14-9-2-1-3-10(15)12(9)18-13(19)8-6-7(17)4-5-11(8)16/h1-6H,17H2,(H,18,19). The number of carbonyl (C=O) groups is 1. The van der Waals surface area contributed by atoms with E-state index in [0.29, 0.717) is 20.3 Å². The van der Waals surface area contributed by atoms with Gasteiger partial charge in [-0.2, -0.15) is 0 Å². The monoisotopic (exact) mass is 386 g/mol. The Kier molecular flexibility index (Phi) is 4.21. The zero-order valence-electron chi connectivity index (χ0n) is 9.58. The molecule has 3 nitrogen and oxygen atoms in total. The van der Waals surface area contributed by atoms with E-state index in [4.69, 9.17) is 5.73 Å². The van der Waals surface area contributed by atoms with Gasteiger partial charge in [-0.1, -0.05) is 6.07 Å². The normalized spacial score (nSPS) is 10.3. The maximum Gasteiger partial charge on any atom is 0.258 e. The number of anilines is 2. The first-order valence-electron chi connectivity index (χ1n) is 5.29. The molecule has 1 amide bonds. The molecule has 0 saturated heterocycles. The summed E-state index contributed by atoms with van der Waals surface area (Å²) in [6.45, 7) is 0. The van der Waals surface area contributed by atoms with Gasteiger partial charge in [0.25, 0.3) is 5.91 Å². The Balaban J connectivity index is 2.34. The van der Waals surface area contributed by atoms with Crippen molar-refractivity contribution in [1.29, 1.82) is 0 Å². The first-order chi connectivity index (χ1) is 8.99. The third-order valence-corrected chi connectivity index (χ3v) is 3.76. The minimum atomic E-state index is -0.616. The Morgan fingerprint density at radius 3 is 2.42 bits per heavy atom. The van der Waals surface area contributed by atoms with Gasteiger partial charge in [-0.05, 0) is 62.2 Å². The maximum atomic E-state index is 13.6. The van der Waals surface area contributed by atoms with E-state index in [1.807, 2.05) is 6.07 Å². The van der Waals surface area contributed by atoms with Gasteiger partial charge < -0.3 is 11.1 Å². The van der Waals surface area contributed by atoms with Crippen LogP contribution >= 0.6 is 31.9 Å². The van der Waals surface area contributed by atoms with E-state index in [9.17, 15) is 9.18 Å². The van der Waals surface area contributed by atoms with Crippen molar-refractivity contribution in [2.45, 2.75) is 0 Å². The van der Waals surface area contributed by atoms with Crippen molar-refractivity contribution < 1.29 is 9.18 Å². The molecule has 98 valence electrons. The van der Waals surface area contributed by atoms with Gasteiger partial charge in [0.2, 0.25) is 0 Å². The van der Waals surface area contributed by atoms with Crippen LogP contribution in [0.5, 0.6) is 0 Å². The molecule has 0 aliphatic carbocycles. The number of halogens is 3. The number of amides is 1. The third-order valence-electron chi connectivity index (χ3n) is 2.44. The van der Waals surface area contributed by atoms with Gasteiger partial charge in [0.15, 0.2) is 0 Å². The highest BCUT2D eigenvalue weighted by Gasteiger charge is 2.15. The summed E-state index contributed by atoms with van der Waals surface area (Å²) in [5.41, 5.74) is 6.33. The molecule has 2 aromatic carbocycles. The van der Waals surface area contributed by atoms with Gasteiger partial charge in [-0.15, -0.1) is 0 Å². The lowest BCUT2D eigenvalue weighted by Crippen LogP contribution is -2.15. The van der Waals surface area contributed by atoms with E-state index in [2.05, 4.69) is 37.2 Å². The molecule has 0 spiro atoms. The first kappa shape index (κ1) is 14.0. The van der Waals surface area contributed by atoms with Crippen LogP contribution in [0.1, 0.15) is 10.4 Å². The van der Waals surface area contributed by atoms with E-state index in [0.717, 1.165) is 0 Å². The van der Waals surface area contributed by atoms with Gasteiger partial charge in [-0.25, -0.2) is 4.39 Å². The smallest absolute Gasteiger partial charge is 0.258 e. The summed E-state index contributed by atoms with van der Waals surface area (Å²) in [6.07, 6.45) is 0. The fourth-order valence-corrected chi connectivity index (χ4v) is 2.71. The highest BCUT2D eigenvalue weighted by Crippen LogP contribution is 2.31. The molecule has 6 heteroatoms. The summed E-state index contributed by atoms with van der Waals surface area (Å²) in [7, 11) is 0. The molecule has 0 saturated carbocycles. The molecule has 0 radical (unpaired) electrons. The fourth-order valence-electron chi connectivity index (χ4n) is 1.51. The van der Waals surface area contributed by atoms with Crippen molar-refractivity contribution in [3.8, 4) is 0 Å². The molecule has 0 unspecified atom stereocenters. The largest absolute Gasteiger partial charge is 0.399 e. The number of hydrogen-bond acceptors (Lipinski definition) is 2. The quantitative estimate of drug-likeness (QED) is 0.759. The minimum absolute atomic E-state index is 0.0948. The van der Waals surface area contributed by atoms with Crippen LogP contribution in [0.25, 0.3) is 0 Å². The Morgan fingerprint density at radius 1 is 1.16 bits per heavy atom. The van der Waals surface area contributed by atoms with E-state index < -0.39 is 11.7 Å². The number of nitrogen functional groups attached to an aromatic ring is 1. The van der Waals surface area contributed by atoms with Crippen LogP contribution in [0.4, 0.5) is 15.8 Å². The Morgan fingerprint density at radius 2 is 1.79 bits per heavy atom. The summed E-state index contributed by atoms with van der Waals surface area (Å²) >= 11 is 6.64. The van der Waals surface area contributed by atoms with E-state index >= 15 is 0 Å². The third kappa shape index (κ3) is 3.13. The van der Waals surface area contributed by atoms with Gasteiger partial charge in [0.1, 0.15) is 5.82 Å². The molecule has 0 fully saturated rings. The van der Waals surface area contributed by atoms with Crippen molar-refractivity contribution in [2.75, 3.05) is 11.1 Å². The van der Waals surface area contributed by atoms with Crippen molar-refractivity contribution in [3.05, 3.63) is 56.7 Å². The summed E-state index contributed by atoms with van der Waals surface area (Å²) in [5, 5.41) is 2.63. The summed E-state index contributed by atoms with van der Waals surface area (Å²) in [5.74, 6) is -1.17. The van der Waals surface area contributed by atoms with Crippen molar-refractivity contribution in [2.24, 2.45) is 0 Å². The molecule has 0 bridgehead atoms. The summed E-state index contributed by atoms with van der Waals surface area (Å²) in [4.78, 5) is 12.0. The van der Waals surface area contributed by atoms with Crippen LogP contribution in [0.2, 0.25) is 0 Å². The number of rotatable bonds is 2. The molecule has 2 rings (SSSR count). The number of hydrogen-bond donors (Lipinski definition) is 2. The predicted molar refractivity (Wildman–Crippen MR) is 80.6 cm³/mol. The molecule has 2 aromatic rings. The lowest BCUT2D eigenvalue weighted by molar-refractivity contribution is 0.102. The highest BCUT2D eigenvalue weighted by molar-refractivity contribution is 9.11. The van der Waals surface area contributed by atoms with Crippen molar-refractivity contribution >= 4 is 49.1 Å². The molecular weight excluding hydrogens is 379 g/mol. The van der Waals surface area contributed by atoms with Crippen LogP contribution in [0.3, 0.4) is 0 Å². The second-order valence-corrected chi connectivity index (χ2v) is 5.50. The molecule has 3 N–H and O–H groups in total. The number of nitrogens with one attached hydrogen (secondary N) is 1. The molecule has 0 aliphatic heterocycles. The molecule has 19 heavy (non-hydrogen) atoms. The van der Waals surface area contributed by atoms with Crippen molar-refractivity contribution in [1.82, 2.24) is 0 Å². The van der Waals surface area contributed by atoms with Gasteiger partial charge in [-0.3, -0.25) is 4.79 Å². The van der Waals surface area contributed by atoms with Crippen LogP contribution in [0.15, 0.2) is 45.3 Å². The second-order valence-electron chi connectivity index (χ2n) is 3.79. The highest BCUT2D eigenvalue weighted by atomic mass is 79.9. The van der Waals surface area contributed by atoms with Gasteiger partial charge >= 0.3 is 0 Å². The van der Waals surface area contributed by atoms with E-state index in [1.165, 1.54) is 18.2 Å². The van der Waals surface area contributed by atoms with Crippen LogP contribution in [-0.4, -0.2) is 5.91 Å². The van der Waals surface area contributed by atoms with E-state index in [-0.39, 0.29) is 5.56 Å². The molecular formula is C13H9Br2FN2O. The number of benzene rings is 2. The molecule has 0 aromatic heterocycles. The minimum Gasteiger partial charge on any atom is -0.399 e. The fraction of sp³-hybridized carbons (Fsp3) is 0. The van der Waals surface area contributed by atoms with Crippen molar-refractivity contribution in [3.63, 3.8) is 0 Å². The summed E-state index contributed by atoms with van der Waals surface area (Å²) in [6, 6.07) is 9.23. The Bertz CT molecular complexity index is 626. The van der Waals surface area contributed by atoms with Gasteiger partial charge in [0.05, 0.1) is 11.3 Å². The average Bonchev–Trinajstić information content (AvgIpc) is 2.37. The van der Waals surface area contributed by atoms with Crippen LogP contribution in [-0.2, 0) is 0 Å². The summed E-state index contributed by atoms with van der Waals surface area (Å²) < 4.78 is 15.0. The topological polar surface area (TPSA) is 55.1 Å². The van der Waals surface area contributed by atoms with Gasteiger partial charge in [0, 0.05) is 14.6 Å². The van der Waals surface area contributed by atoms with Crippen LogP contribution < -0.4 is 11.1 Å². The van der Waals surface area contributed by atoms with Crippen LogP contribution in [0, 0.1) is 5.82 Å². The zero-order chi connectivity index (χ0) is 14.0. The predicted octanol–water partition coefficient (Wildman–Crippen LogP) is 4.19. The number of carbonyl (C=O) groups excluding carboxylic acids is 1. The maximum absolute atomic E-state index is 13.6. The molecule has 0 atom stereocenters. The zero-order valence-corrected chi connectivity index (χ0v) is 12.8. The lowest BCUT2D eigenvalue weighted by atomic mass is 10.1. The molecule has 0 heterocycles. The first-order valence-corrected chi connectivity index (χ1v) is 6.88. The Hall–Kier alpha value is -1.40. The Labute approximate surface area is 126 Å². The average molecular weight is 388 g/mol. The lowest BCUT2D eigenvalue weighted by Gasteiger charge is -2.10. The molecule has 0 aliphatic rings. The van der Waals surface area contributed by atoms with E-state index in [1.54, 1.807) is 12.1 Å². The second kappa shape index (κ2) is 5.71. The number of nitrogens with two attached hydrogens (primary N) is 1. The SMILES string of the molecule is Nc1ccc(F)c(C(=O)Nc2c(Br)cccc2Br)c1.